The molecule has 2 rings (SSSR count). The summed E-state index contributed by atoms with van der Waals surface area (Å²) < 4.78 is 16.0. The van der Waals surface area contributed by atoms with Gasteiger partial charge in [0.1, 0.15) is 12.4 Å². The van der Waals surface area contributed by atoms with Gasteiger partial charge in [0.15, 0.2) is 17.5 Å². The number of hydrogen-bond donors (Lipinski definition) is 2. The molecule has 2 aromatic carbocycles. The number of methoxy groups -OCH3 is 2. The highest BCUT2D eigenvalue weighted by Crippen LogP contribution is 2.28. The Hall–Kier alpha value is -2.60. The van der Waals surface area contributed by atoms with E-state index in [9.17, 15) is 0 Å². The zero-order valence-electron chi connectivity index (χ0n) is 14.7. The van der Waals surface area contributed by atoms with Crippen molar-refractivity contribution in [3.05, 3.63) is 48.0 Å². The second-order valence-corrected chi connectivity index (χ2v) is 5.00. The van der Waals surface area contributed by atoms with E-state index in [1.54, 1.807) is 20.3 Å². The molecular formula is C19H22IN3O3. The summed E-state index contributed by atoms with van der Waals surface area (Å²) in [4.78, 5) is 4.33. The smallest absolute Gasteiger partial charge is 0.193 e. The fraction of sp³-hybridized carbons (Fsp3) is 0.211. The van der Waals surface area contributed by atoms with Crippen LogP contribution in [0.2, 0.25) is 0 Å². The minimum Gasteiger partial charge on any atom is -0.495 e. The molecule has 0 aliphatic rings. The van der Waals surface area contributed by atoms with E-state index in [2.05, 4.69) is 16.2 Å². The fourth-order valence-electron chi connectivity index (χ4n) is 2.15. The average molecular weight is 467 g/mol. The number of nitrogens with zero attached hydrogens (tertiary/aromatic N) is 1. The van der Waals surface area contributed by atoms with Crippen molar-refractivity contribution in [3.63, 3.8) is 0 Å². The van der Waals surface area contributed by atoms with Crippen molar-refractivity contribution in [3.8, 4) is 29.6 Å². The van der Waals surface area contributed by atoms with Gasteiger partial charge in [-0.2, -0.15) is 0 Å². The molecule has 0 bridgehead atoms. The second-order valence-electron chi connectivity index (χ2n) is 5.00. The highest BCUT2D eigenvalue weighted by molar-refractivity contribution is 14.0. The number of aliphatic imine (C=N–C) groups is 1. The number of para-hydroxylation sites is 2. The van der Waals surface area contributed by atoms with Crippen molar-refractivity contribution >= 4 is 35.6 Å². The van der Waals surface area contributed by atoms with Crippen LogP contribution < -0.4 is 25.3 Å². The molecule has 0 aromatic heterocycles. The van der Waals surface area contributed by atoms with Crippen LogP contribution in [0.15, 0.2) is 47.5 Å². The first-order valence-corrected chi connectivity index (χ1v) is 7.61. The molecular weight excluding hydrogens is 445 g/mol. The highest BCUT2D eigenvalue weighted by atomic mass is 127. The number of terminal acetylenes is 1. The molecule has 2 aromatic rings. The Morgan fingerprint density at radius 3 is 2.54 bits per heavy atom. The molecule has 0 amide bonds. The van der Waals surface area contributed by atoms with Crippen LogP contribution in [-0.2, 0) is 6.54 Å². The third kappa shape index (κ3) is 6.04. The SMILES string of the molecule is C#CCOc1cc(CN=C(N)Nc2ccccc2OC)ccc1OC.I. The monoisotopic (exact) mass is 467 g/mol. The molecule has 0 radical (unpaired) electrons. The predicted octanol–water partition coefficient (Wildman–Crippen LogP) is 3.26. The van der Waals surface area contributed by atoms with Gasteiger partial charge in [0.25, 0.3) is 0 Å². The van der Waals surface area contributed by atoms with Gasteiger partial charge in [-0.15, -0.1) is 30.4 Å². The van der Waals surface area contributed by atoms with Crippen molar-refractivity contribution in [2.75, 3.05) is 26.1 Å². The van der Waals surface area contributed by atoms with Crippen molar-refractivity contribution in [1.82, 2.24) is 0 Å². The largest absolute Gasteiger partial charge is 0.495 e. The predicted molar refractivity (Wildman–Crippen MR) is 115 cm³/mol. The number of benzene rings is 2. The maximum absolute atomic E-state index is 5.95. The first-order valence-electron chi connectivity index (χ1n) is 7.61. The number of rotatable bonds is 7. The average Bonchev–Trinajstić information content (AvgIpc) is 2.65. The molecule has 0 aliphatic carbocycles. The molecule has 138 valence electrons. The lowest BCUT2D eigenvalue weighted by atomic mass is 10.2. The van der Waals surface area contributed by atoms with Gasteiger partial charge in [0, 0.05) is 0 Å². The molecule has 0 atom stereocenters. The summed E-state index contributed by atoms with van der Waals surface area (Å²) in [7, 11) is 3.17. The van der Waals surface area contributed by atoms with Crippen molar-refractivity contribution < 1.29 is 14.2 Å². The number of anilines is 1. The third-order valence-corrected chi connectivity index (χ3v) is 3.34. The van der Waals surface area contributed by atoms with Crippen LogP contribution >= 0.6 is 24.0 Å². The van der Waals surface area contributed by atoms with Gasteiger partial charge in [0.2, 0.25) is 0 Å². The van der Waals surface area contributed by atoms with E-state index < -0.39 is 0 Å². The quantitative estimate of drug-likeness (QED) is 0.283. The van der Waals surface area contributed by atoms with Gasteiger partial charge in [-0.05, 0) is 29.8 Å². The number of ether oxygens (including phenoxy) is 3. The number of nitrogens with one attached hydrogen (secondary N) is 1. The van der Waals surface area contributed by atoms with E-state index in [1.807, 2.05) is 36.4 Å². The van der Waals surface area contributed by atoms with E-state index in [0.29, 0.717) is 23.8 Å². The van der Waals surface area contributed by atoms with Gasteiger partial charge in [-0.3, -0.25) is 0 Å². The molecule has 26 heavy (non-hydrogen) atoms. The maximum Gasteiger partial charge on any atom is 0.193 e. The van der Waals surface area contributed by atoms with Crippen LogP contribution in [0.25, 0.3) is 0 Å². The summed E-state index contributed by atoms with van der Waals surface area (Å²) in [6.07, 6.45) is 5.23. The summed E-state index contributed by atoms with van der Waals surface area (Å²) in [6.45, 7) is 0.547. The van der Waals surface area contributed by atoms with Crippen LogP contribution in [0.3, 0.4) is 0 Å². The Morgan fingerprint density at radius 1 is 1.12 bits per heavy atom. The van der Waals surface area contributed by atoms with Crippen LogP contribution in [0, 0.1) is 12.3 Å². The minimum absolute atomic E-state index is 0. The molecule has 7 heteroatoms. The van der Waals surface area contributed by atoms with Gasteiger partial charge < -0.3 is 25.3 Å². The van der Waals surface area contributed by atoms with Crippen molar-refractivity contribution in [2.45, 2.75) is 6.54 Å². The van der Waals surface area contributed by atoms with Crippen molar-refractivity contribution in [2.24, 2.45) is 10.7 Å². The van der Waals surface area contributed by atoms with E-state index in [0.717, 1.165) is 11.3 Å². The minimum atomic E-state index is 0. The summed E-state index contributed by atoms with van der Waals surface area (Å²) in [5.41, 5.74) is 7.62. The Morgan fingerprint density at radius 2 is 1.85 bits per heavy atom. The molecule has 0 heterocycles. The van der Waals surface area contributed by atoms with Crippen LogP contribution in [0.4, 0.5) is 5.69 Å². The lowest BCUT2D eigenvalue weighted by molar-refractivity contribution is 0.330. The summed E-state index contributed by atoms with van der Waals surface area (Å²) in [5, 5.41) is 3.02. The molecule has 0 aliphatic heterocycles. The van der Waals surface area contributed by atoms with Gasteiger partial charge in [-0.1, -0.05) is 24.1 Å². The number of halogens is 1. The van der Waals surface area contributed by atoms with E-state index in [-0.39, 0.29) is 36.5 Å². The summed E-state index contributed by atoms with van der Waals surface area (Å²) in [5.74, 6) is 4.59. The Labute approximate surface area is 170 Å². The molecule has 0 spiro atoms. The first-order chi connectivity index (χ1) is 12.2. The van der Waals surface area contributed by atoms with E-state index >= 15 is 0 Å². The Balaban J connectivity index is 0.00000338. The number of nitrogens with two attached hydrogens (primary N) is 1. The van der Waals surface area contributed by atoms with Crippen LogP contribution in [0.5, 0.6) is 17.2 Å². The second kappa shape index (κ2) is 11.1. The fourth-order valence-corrected chi connectivity index (χ4v) is 2.15. The van der Waals surface area contributed by atoms with Gasteiger partial charge in [-0.25, -0.2) is 4.99 Å². The zero-order chi connectivity index (χ0) is 18.1. The first kappa shape index (κ1) is 21.4. The molecule has 0 saturated carbocycles. The highest BCUT2D eigenvalue weighted by Gasteiger charge is 2.06. The standard InChI is InChI=1S/C19H21N3O3.HI/c1-4-11-25-18-12-14(9-10-17(18)24-3)13-21-19(20)22-15-7-5-6-8-16(15)23-2;/h1,5-10,12H,11,13H2,2-3H3,(H3,20,21,22);1H. The lowest BCUT2D eigenvalue weighted by Gasteiger charge is -2.11. The Kier molecular flexibility index (Phi) is 9.15. The normalized spacial score (nSPS) is 10.3. The molecule has 0 unspecified atom stereocenters. The molecule has 0 saturated heterocycles. The topological polar surface area (TPSA) is 78.1 Å². The molecule has 0 fully saturated rings. The summed E-state index contributed by atoms with van der Waals surface area (Å²) in [6, 6.07) is 13.0. The molecule has 6 nitrogen and oxygen atoms in total. The van der Waals surface area contributed by atoms with E-state index in [4.69, 9.17) is 26.4 Å². The van der Waals surface area contributed by atoms with Crippen LogP contribution in [-0.4, -0.2) is 26.8 Å². The molecule has 3 N–H and O–H groups in total. The third-order valence-electron chi connectivity index (χ3n) is 3.34. The lowest BCUT2D eigenvalue weighted by Crippen LogP contribution is -2.22. The zero-order valence-corrected chi connectivity index (χ0v) is 17.0. The van der Waals surface area contributed by atoms with E-state index in [1.165, 1.54) is 0 Å². The Bertz CT molecular complexity index is 788. The van der Waals surface area contributed by atoms with Crippen LogP contribution in [0.1, 0.15) is 5.56 Å². The van der Waals surface area contributed by atoms with Gasteiger partial charge in [0.05, 0.1) is 26.5 Å². The summed E-state index contributed by atoms with van der Waals surface area (Å²) >= 11 is 0. The van der Waals surface area contributed by atoms with Crippen molar-refractivity contribution in [1.29, 1.82) is 0 Å². The number of hydrogen-bond acceptors (Lipinski definition) is 4. The van der Waals surface area contributed by atoms with Gasteiger partial charge >= 0.3 is 0 Å². The number of guanidine groups is 1. The maximum atomic E-state index is 5.95.